The molecule has 0 unspecified atom stereocenters. The van der Waals surface area contributed by atoms with Crippen LogP contribution in [-0.2, 0) is 14.3 Å². The minimum atomic E-state index is -0.745. The smallest absolute Gasteiger partial charge is 0.344 e. The summed E-state index contributed by atoms with van der Waals surface area (Å²) >= 11 is 0. The van der Waals surface area contributed by atoms with E-state index in [1.54, 1.807) is 30.3 Å². The molecule has 1 amide bonds. The van der Waals surface area contributed by atoms with E-state index >= 15 is 0 Å². The third-order valence-electron chi connectivity index (χ3n) is 3.65. The summed E-state index contributed by atoms with van der Waals surface area (Å²) in [5.41, 5.74) is 0.947. The van der Waals surface area contributed by atoms with Crippen LogP contribution in [0.1, 0.15) is 15.9 Å². The molecule has 27 heavy (non-hydrogen) atoms. The van der Waals surface area contributed by atoms with Crippen LogP contribution in [0.25, 0.3) is 0 Å². The number of ketones is 1. The van der Waals surface area contributed by atoms with Gasteiger partial charge in [0, 0.05) is 5.56 Å². The number of rotatable bonds is 6. The van der Waals surface area contributed by atoms with Crippen molar-refractivity contribution in [1.82, 2.24) is 0 Å². The van der Waals surface area contributed by atoms with Crippen molar-refractivity contribution in [2.24, 2.45) is 0 Å². The zero-order valence-corrected chi connectivity index (χ0v) is 14.1. The van der Waals surface area contributed by atoms with Gasteiger partial charge in [-0.1, -0.05) is 12.1 Å². The Bertz CT molecular complexity index is 947. The number of benzene rings is 2. The first-order valence-electron chi connectivity index (χ1n) is 7.94. The Morgan fingerprint density at radius 3 is 2.81 bits per heavy atom. The van der Waals surface area contributed by atoms with Gasteiger partial charge in [0.05, 0.1) is 11.3 Å². The van der Waals surface area contributed by atoms with E-state index < -0.39 is 25.0 Å². The normalized spacial score (nSPS) is 12.0. The monoisotopic (exact) mass is 366 g/mol. The number of carbonyl (C=O) groups is 3. The van der Waals surface area contributed by atoms with Crippen molar-refractivity contribution in [3.05, 3.63) is 53.6 Å². The molecule has 0 radical (unpaired) electrons. The summed E-state index contributed by atoms with van der Waals surface area (Å²) in [6.45, 7) is -0.984. The lowest BCUT2D eigenvalue weighted by Gasteiger charge is -2.18. The van der Waals surface area contributed by atoms with Gasteiger partial charge in [-0.15, -0.1) is 0 Å². The first-order chi connectivity index (χ1) is 13.1. The number of nitrogens with zero attached hydrogens (tertiary/aromatic N) is 1. The van der Waals surface area contributed by atoms with Crippen LogP contribution in [0.2, 0.25) is 0 Å². The van der Waals surface area contributed by atoms with Gasteiger partial charge >= 0.3 is 5.97 Å². The molecule has 1 aliphatic heterocycles. The van der Waals surface area contributed by atoms with Crippen LogP contribution in [-0.4, -0.2) is 37.5 Å². The molecule has 0 fully saturated rings. The molecule has 8 heteroatoms. The largest absolute Gasteiger partial charge is 0.482 e. The number of carbonyl (C=O) groups excluding carboxylic acids is 3. The van der Waals surface area contributed by atoms with Crippen LogP contribution >= 0.6 is 0 Å². The number of anilines is 1. The molecule has 0 aliphatic carbocycles. The van der Waals surface area contributed by atoms with E-state index in [2.05, 4.69) is 5.32 Å². The number of hydrogen-bond donors (Lipinski definition) is 1. The van der Waals surface area contributed by atoms with Crippen molar-refractivity contribution >= 4 is 23.3 Å². The molecule has 2 aromatic rings. The summed E-state index contributed by atoms with van der Waals surface area (Å²) in [6.07, 6.45) is 0. The predicted molar refractivity (Wildman–Crippen MR) is 92.5 cm³/mol. The number of nitrogens with one attached hydrogen (secondary N) is 1. The molecule has 8 nitrogen and oxygen atoms in total. The predicted octanol–water partition coefficient (Wildman–Crippen LogP) is 1.69. The lowest BCUT2D eigenvalue weighted by molar-refractivity contribution is -0.144. The lowest BCUT2D eigenvalue weighted by atomic mass is 10.1. The van der Waals surface area contributed by atoms with Crippen molar-refractivity contribution in [3.8, 4) is 17.6 Å². The number of para-hydroxylation sites is 1. The highest BCUT2D eigenvalue weighted by Crippen LogP contribution is 2.28. The van der Waals surface area contributed by atoms with E-state index in [0.29, 0.717) is 17.0 Å². The van der Waals surface area contributed by atoms with E-state index in [4.69, 9.17) is 19.5 Å². The Hall–Kier alpha value is -3.86. The molecule has 136 valence electrons. The number of ether oxygens (including phenoxy) is 3. The highest BCUT2D eigenvalue weighted by Gasteiger charge is 2.18. The maximum Gasteiger partial charge on any atom is 0.344 e. The molecule has 0 saturated heterocycles. The van der Waals surface area contributed by atoms with Crippen LogP contribution in [0.3, 0.4) is 0 Å². The fourth-order valence-electron chi connectivity index (χ4n) is 2.35. The van der Waals surface area contributed by atoms with Crippen molar-refractivity contribution in [3.63, 3.8) is 0 Å². The summed E-state index contributed by atoms with van der Waals surface area (Å²) < 4.78 is 15.4. The third kappa shape index (κ3) is 4.41. The molecular weight excluding hydrogens is 352 g/mol. The highest BCUT2D eigenvalue weighted by atomic mass is 16.6. The van der Waals surface area contributed by atoms with Crippen molar-refractivity contribution in [2.45, 2.75) is 0 Å². The molecule has 1 heterocycles. The molecule has 0 atom stereocenters. The van der Waals surface area contributed by atoms with Gasteiger partial charge in [-0.2, -0.15) is 5.26 Å². The van der Waals surface area contributed by atoms with Crippen LogP contribution < -0.4 is 14.8 Å². The average Bonchev–Trinajstić information content (AvgIpc) is 2.70. The maximum absolute atomic E-state index is 12.2. The van der Waals surface area contributed by atoms with E-state index in [-0.39, 0.29) is 23.8 Å². The third-order valence-corrected chi connectivity index (χ3v) is 3.65. The highest BCUT2D eigenvalue weighted by molar-refractivity contribution is 6.01. The molecule has 0 bridgehead atoms. The summed E-state index contributed by atoms with van der Waals surface area (Å²) in [5, 5.41) is 11.6. The second kappa shape index (κ2) is 8.01. The SMILES string of the molecule is N#Cc1ccccc1OCC(=O)OCC(=O)c1ccc2c(c1)NC(=O)CO2. The first-order valence-corrected chi connectivity index (χ1v) is 7.94. The molecule has 1 N–H and O–H groups in total. The van der Waals surface area contributed by atoms with Gasteiger partial charge in [-0.05, 0) is 30.3 Å². The standard InChI is InChI=1S/C19H14N2O6/c20-8-13-3-1-2-4-16(13)26-11-19(24)27-9-15(22)12-5-6-17-14(7-12)21-18(23)10-25-17/h1-7H,9-11H2,(H,21,23). The Balaban J connectivity index is 1.53. The second-order valence-electron chi connectivity index (χ2n) is 5.53. The summed E-state index contributed by atoms with van der Waals surface area (Å²) in [4.78, 5) is 35.3. The van der Waals surface area contributed by atoms with Gasteiger partial charge in [-0.25, -0.2) is 4.79 Å². The minimum Gasteiger partial charge on any atom is -0.482 e. The molecule has 0 saturated carbocycles. The first kappa shape index (κ1) is 17.9. The van der Waals surface area contributed by atoms with Crippen LogP contribution in [0.5, 0.6) is 11.5 Å². The maximum atomic E-state index is 12.2. The molecule has 2 aromatic carbocycles. The van der Waals surface area contributed by atoms with E-state index in [1.165, 1.54) is 12.1 Å². The number of nitriles is 1. The molecular formula is C19H14N2O6. The van der Waals surface area contributed by atoms with Gasteiger partial charge in [0.2, 0.25) is 0 Å². The number of hydrogen-bond acceptors (Lipinski definition) is 7. The van der Waals surface area contributed by atoms with Crippen molar-refractivity contribution < 1.29 is 28.6 Å². The topological polar surface area (TPSA) is 115 Å². The minimum absolute atomic E-state index is 0.0766. The molecule has 0 spiro atoms. The average molecular weight is 366 g/mol. The molecule has 0 aromatic heterocycles. The van der Waals surface area contributed by atoms with Crippen LogP contribution in [0.4, 0.5) is 5.69 Å². The van der Waals surface area contributed by atoms with Crippen LogP contribution in [0, 0.1) is 11.3 Å². The fraction of sp³-hybridized carbons (Fsp3) is 0.158. The second-order valence-corrected chi connectivity index (χ2v) is 5.53. The van der Waals surface area contributed by atoms with Crippen molar-refractivity contribution in [2.75, 3.05) is 25.1 Å². The Morgan fingerprint density at radius 1 is 1.19 bits per heavy atom. The quantitative estimate of drug-likeness (QED) is 0.611. The van der Waals surface area contributed by atoms with Gasteiger partial charge in [-0.3, -0.25) is 9.59 Å². The summed E-state index contributed by atoms with van der Waals surface area (Å²) in [5.74, 6) is -0.774. The number of amides is 1. The lowest BCUT2D eigenvalue weighted by Crippen LogP contribution is -2.25. The van der Waals surface area contributed by atoms with E-state index in [1.807, 2.05) is 6.07 Å². The van der Waals surface area contributed by atoms with Crippen LogP contribution in [0.15, 0.2) is 42.5 Å². The number of esters is 1. The van der Waals surface area contributed by atoms with Gasteiger partial charge in [0.15, 0.2) is 25.6 Å². The Labute approximate surface area is 154 Å². The zero-order valence-electron chi connectivity index (χ0n) is 14.1. The number of Topliss-reactive ketones (excluding diaryl/α,β-unsaturated/α-hetero) is 1. The number of fused-ring (bicyclic) bond motifs is 1. The van der Waals surface area contributed by atoms with Crippen molar-refractivity contribution in [1.29, 1.82) is 5.26 Å². The zero-order chi connectivity index (χ0) is 19.2. The van der Waals surface area contributed by atoms with Gasteiger partial charge in [0.25, 0.3) is 5.91 Å². The summed E-state index contributed by atoms with van der Waals surface area (Å²) in [6, 6.07) is 12.9. The van der Waals surface area contributed by atoms with Gasteiger partial charge in [0.1, 0.15) is 17.6 Å². The fourth-order valence-corrected chi connectivity index (χ4v) is 2.35. The Morgan fingerprint density at radius 2 is 2.00 bits per heavy atom. The van der Waals surface area contributed by atoms with Gasteiger partial charge < -0.3 is 19.5 Å². The molecule has 1 aliphatic rings. The molecule has 3 rings (SSSR count). The summed E-state index contributed by atoms with van der Waals surface area (Å²) in [7, 11) is 0. The van der Waals surface area contributed by atoms with E-state index in [9.17, 15) is 14.4 Å². The van der Waals surface area contributed by atoms with E-state index in [0.717, 1.165) is 0 Å². The Kier molecular flexibility index (Phi) is 5.33.